The van der Waals surface area contributed by atoms with Crippen LogP contribution in [-0.4, -0.2) is 39.0 Å². The summed E-state index contributed by atoms with van der Waals surface area (Å²) in [4.78, 5) is 0. The quantitative estimate of drug-likeness (QED) is 0.717. The van der Waals surface area contributed by atoms with Crippen LogP contribution in [0.3, 0.4) is 0 Å². The number of ether oxygens (including phenoxy) is 2. The van der Waals surface area contributed by atoms with Gasteiger partial charge in [-0.2, -0.15) is 0 Å². The van der Waals surface area contributed by atoms with Gasteiger partial charge in [0.2, 0.25) is 0 Å². The summed E-state index contributed by atoms with van der Waals surface area (Å²) in [5.41, 5.74) is 0.00174. The Kier molecular flexibility index (Phi) is 4.16. The van der Waals surface area contributed by atoms with E-state index in [1.165, 1.54) is 0 Å². The van der Waals surface area contributed by atoms with Crippen molar-refractivity contribution in [3.05, 3.63) is 0 Å². The fourth-order valence-electron chi connectivity index (χ4n) is 2.25. The van der Waals surface area contributed by atoms with Crippen LogP contribution in [0.5, 0.6) is 0 Å². The zero-order valence-electron chi connectivity index (χ0n) is 8.93. The third-order valence-corrected chi connectivity index (χ3v) is 3.14. The van der Waals surface area contributed by atoms with Crippen LogP contribution in [0.15, 0.2) is 0 Å². The topological polar surface area (TPSA) is 30.5 Å². The molecule has 1 heterocycles. The monoisotopic (exact) mass is 187 g/mol. The first-order valence-electron chi connectivity index (χ1n) is 5.09. The molecule has 1 rings (SSSR count). The largest absolute Gasteiger partial charge is 0.381 e. The van der Waals surface area contributed by atoms with E-state index < -0.39 is 0 Å². The number of likely N-dealkylation sites (N-methyl/N-ethyl adjacent to an activating group) is 1. The fourth-order valence-corrected chi connectivity index (χ4v) is 2.25. The Morgan fingerprint density at radius 2 is 2.08 bits per heavy atom. The maximum absolute atomic E-state index is 5.68. The Balaban J connectivity index is 2.64. The summed E-state index contributed by atoms with van der Waals surface area (Å²) >= 11 is 0. The first-order valence-corrected chi connectivity index (χ1v) is 5.09. The highest BCUT2D eigenvalue weighted by atomic mass is 16.5. The number of hydrogen-bond acceptors (Lipinski definition) is 3. The summed E-state index contributed by atoms with van der Waals surface area (Å²) in [6.07, 6.45) is 3.11. The Labute approximate surface area is 80.8 Å². The second kappa shape index (κ2) is 4.94. The van der Waals surface area contributed by atoms with Crippen LogP contribution in [0, 0.1) is 0 Å². The summed E-state index contributed by atoms with van der Waals surface area (Å²) in [5, 5.41) is 3.33. The van der Waals surface area contributed by atoms with E-state index >= 15 is 0 Å². The Hall–Kier alpha value is -0.120. The van der Waals surface area contributed by atoms with Crippen molar-refractivity contribution in [3.8, 4) is 0 Å². The van der Waals surface area contributed by atoms with Crippen molar-refractivity contribution in [2.24, 2.45) is 0 Å². The minimum atomic E-state index is 0.00174. The molecule has 0 saturated carbocycles. The number of nitrogens with one attached hydrogen (secondary N) is 1. The second-order valence-corrected chi connectivity index (χ2v) is 3.63. The summed E-state index contributed by atoms with van der Waals surface area (Å²) in [6.45, 7) is 3.84. The predicted molar refractivity (Wildman–Crippen MR) is 52.9 cm³/mol. The lowest BCUT2D eigenvalue weighted by Gasteiger charge is -2.41. The van der Waals surface area contributed by atoms with Crippen LogP contribution in [0.2, 0.25) is 0 Å². The van der Waals surface area contributed by atoms with Crippen LogP contribution in [0.1, 0.15) is 26.2 Å². The summed E-state index contributed by atoms with van der Waals surface area (Å²) in [6, 6.07) is 0.446. The molecule has 0 radical (unpaired) electrons. The molecule has 0 aromatic rings. The van der Waals surface area contributed by atoms with E-state index in [9.17, 15) is 0 Å². The summed E-state index contributed by atoms with van der Waals surface area (Å²) < 4.78 is 11.0. The van der Waals surface area contributed by atoms with Gasteiger partial charge in [0, 0.05) is 39.2 Å². The Morgan fingerprint density at radius 1 is 1.46 bits per heavy atom. The number of hydrogen-bond donors (Lipinski definition) is 1. The third-order valence-electron chi connectivity index (χ3n) is 3.14. The Bertz CT molecular complexity index is 140. The highest BCUT2D eigenvalue weighted by Crippen LogP contribution is 2.29. The zero-order valence-corrected chi connectivity index (χ0v) is 8.93. The average molecular weight is 187 g/mol. The molecule has 3 heteroatoms. The van der Waals surface area contributed by atoms with Crippen molar-refractivity contribution in [2.75, 3.05) is 27.4 Å². The average Bonchev–Trinajstić information content (AvgIpc) is 2.21. The van der Waals surface area contributed by atoms with Gasteiger partial charge >= 0.3 is 0 Å². The molecule has 13 heavy (non-hydrogen) atoms. The van der Waals surface area contributed by atoms with E-state index in [1.807, 2.05) is 14.2 Å². The summed E-state index contributed by atoms with van der Waals surface area (Å²) in [5.74, 6) is 0. The van der Waals surface area contributed by atoms with E-state index in [4.69, 9.17) is 9.47 Å². The standard InChI is InChI=1S/C10H21NO2/c1-4-9(11-2)10(12-3)5-7-13-8-6-10/h9,11H,4-8H2,1-3H3. The molecule has 1 N–H and O–H groups in total. The molecule has 0 spiro atoms. The molecule has 0 aliphatic carbocycles. The summed E-state index contributed by atoms with van der Waals surface area (Å²) in [7, 11) is 3.82. The van der Waals surface area contributed by atoms with Gasteiger partial charge in [-0.1, -0.05) is 6.92 Å². The fraction of sp³-hybridized carbons (Fsp3) is 1.00. The molecular formula is C10H21NO2. The highest BCUT2D eigenvalue weighted by molar-refractivity contribution is 4.93. The van der Waals surface area contributed by atoms with E-state index in [2.05, 4.69) is 12.2 Å². The van der Waals surface area contributed by atoms with Crippen molar-refractivity contribution in [3.63, 3.8) is 0 Å². The van der Waals surface area contributed by atoms with Gasteiger partial charge in [0.1, 0.15) is 0 Å². The van der Waals surface area contributed by atoms with Gasteiger partial charge in [-0.05, 0) is 13.5 Å². The van der Waals surface area contributed by atoms with Crippen molar-refractivity contribution >= 4 is 0 Å². The minimum absolute atomic E-state index is 0.00174. The van der Waals surface area contributed by atoms with E-state index in [0.29, 0.717) is 6.04 Å². The van der Waals surface area contributed by atoms with Gasteiger partial charge < -0.3 is 14.8 Å². The SMILES string of the molecule is CCC(NC)C1(OC)CCOCC1. The van der Waals surface area contributed by atoms with Crippen LogP contribution in [0.25, 0.3) is 0 Å². The number of methoxy groups -OCH3 is 1. The maximum Gasteiger partial charge on any atom is 0.0874 e. The van der Waals surface area contributed by atoms with Gasteiger partial charge in [-0.25, -0.2) is 0 Å². The highest BCUT2D eigenvalue weighted by Gasteiger charge is 2.38. The molecule has 1 aliphatic heterocycles. The van der Waals surface area contributed by atoms with Crippen molar-refractivity contribution in [1.82, 2.24) is 5.32 Å². The zero-order chi connectivity index (χ0) is 9.73. The molecule has 0 bridgehead atoms. The van der Waals surface area contributed by atoms with Crippen LogP contribution in [0.4, 0.5) is 0 Å². The van der Waals surface area contributed by atoms with E-state index in [0.717, 1.165) is 32.5 Å². The first kappa shape index (κ1) is 11.0. The van der Waals surface area contributed by atoms with E-state index in [1.54, 1.807) is 0 Å². The van der Waals surface area contributed by atoms with Crippen LogP contribution < -0.4 is 5.32 Å². The number of rotatable bonds is 4. The Morgan fingerprint density at radius 3 is 2.46 bits per heavy atom. The second-order valence-electron chi connectivity index (χ2n) is 3.63. The molecule has 1 aliphatic rings. The van der Waals surface area contributed by atoms with Gasteiger partial charge in [0.25, 0.3) is 0 Å². The van der Waals surface area contributed by atoms with Gasteiger partial charge in [-0.15, -0.1) is 0 Å². The molecule has 0 amide bonds. The van der Waals surface area contributed by atoms with Gasteiger partial charge in [-0.3, -0.25) is 0 Å². The van der Waals surface area contributed by atoms with E-state index in [-0.39, 0.29) is 5.60 Å². The molecule has 1 saturated heterocycles. The van der Waals surface area contributed by atoms with Gasteiger partial charge in [0.15, 0.2) is 0 Å². The normalized spacial score (nSPS) is 24.2. The van der Waals surface area contributed by atoms with Crippen LogP contribution in [-0.2, 0) is 9.47 Å². The lowest BCUT2D eigenvalue weighted by atomic mass is 9.84. The van der Waals surface area contributed by atoms with Gasteiger partial charge in [0.05, 0.1) is 5.60 Å². The van der Waals surface area contributed by atoms with Crippen molar-refractivity contribution in [2.45, 2.75) is 37.8 Å². The maximum atomic E-state index is 5.68. The minimum Gasteiger partial charge on any atom is -0.381 e. The molecular weight excluding hydrogens is 166 g/mol. The molecule has 0 aromatic heterocycles. The molecule has 0 aromatic carbocycles. The molecule has 1 atom stereocenters. The third kappa shape index (κ3) is 2.22. The van der Waals surface area contributed by atoms with Crippen LogP contribution >= 0.6 is 0 Å². The molecule has 1 fully saturated rings. The predicted octanol–water partition coefficient (Wildman–Crippen LogP) is 1.18. The van der Waals surface area contributed by atoms with Crippen molar-refractivity contribution in [1.29, 1.82) is 0 Å². The molecule has 1 unspecified atom stereocenters. The molecule has 3 nitrogen and oxygen atoms in total. The smallest absolute Gasteiger partial charge is 0.0874 e. The van der Waals surface area contributed by atoms with Crippen molar-refractivity contribution < 1.29 is 9.47 Å². The lowest BCUT2D eigenvalue weighted by molar-refractivity contribution is -0.109. The first-order chi connectivity index (χ1) is 6.29. The molecule has 78 valence electrons. The lowest BCUT2D eigenvalue weighted by Crippen LogP contribution is -2.53.